The maximum atomic E-state index is 11.3. The van der Waals surface area contributed by atoms with Crippen LogP contribution in [-0.4, -0.2) is 25.0 Å². The molecule has 0 aliphatic heterocycles. The summed E-state index contributed by atoms with van der Waals surface area (Å²) in [5.74, 6) is 0.0508. The molecule has 0 radical (unpaired) electrons. The van der Waals surface area contributed by atoms with Crippen molar-refractivity contribution in [2.24, 2.45) is 0 Å². The van der Waals surface area contributed by atoms with Crippen LogP contribution in [-0.2, 0) is 4.79 Å². The number of carbonyl (C=O) groups is 1. The molecule has 0 saturated heterocycles. The average Bonchev–Trinajstić information content (AvgIpc) is 2.56. The van der Waals surface area contributed by atoms with Crippen LogP contribution >= 0.6 is 11.6 Å². The highest BCUT2D eigenvalue weighted by atomic mass is 35.5. The molecule has 0 bridgehead atoms. The van der Waals surface area contributed by atoms with Crippen LogP contribution in [0.2, 0.25) is 0 Å². The van der Waals surface area contributed by atoms with Crippen molar-refractivity contribution in [3.63, 3.8) is 0 Å². The fourth-order valence-electron chi connectivity index (χ4n) is 1.66. The molecule has 4 heteroatoms. The van der Waals surface area contributed by atoms with Gasteiger partial charge in [0.2, 0.25) is 5.91 Å². The molecule has 0 atom stereocenters. The smallest absolute Gasteiger partial charge is 0.234 e. The Morgan fingerprint density at radius 3 is 2.57 bits per heavy atom. The van der Waals surface area contributed by atoms with Gasteiger partial charge in [0, 0.05) is 17.6 Å². The zero-order valence-corrected chi connectivity index (χ0v) is 9.07. The van der Waals surface area contributed by atoms with E-state index in [1.54, 1.807) is 0 Å². The van der Waals surface area contributed by atoms with Gasteiger partial charge in [0.05, 0.1) is 6.54 Å². The monoisotopic (exact) mass is 216 g/mol. The molecule has 1 aliphatic rings. The Kier molecular flexibility index (Phi) is 4.98. The molecule has 80 valence electrons. The lowest BCUT2D eigenvalue weighted by molar-refractivity contribution is -0.120. The van der Waals surface area contributed by atoms with Gasteiger partial charge in [-0.15, -0.1) is 0 Å². The average molecular weight is 217 g/mol. The van der Waals surface area contributed by atoms with E-state index in [4.69, 9.17) is 11.6 Å². The van der Waals surface area contributed by atoms with Crippen LogP contribution < -0.4 is 10.6 Å². The van der Waals surface area contributed by atoms with Crippen molar-refractivity contribution in [2.45, 2.75) is 31.7 Å². The van der Waals surface area contributed by atoms with Gasteiger partial charge in [-0.2, -0.15) is 0 Å². The summed E-state index contributed by atoms with van der Waals surface area (Å²) in [6.45, 7) is 4.33. The van der Waals surface area contributed by atoms with E-state index in [9.17, 15) is 4.79 Å². The molecule has 0 heterocycles. The van der Waals surface area contributed by atoms with Crippen LogP contribution in [0.3, 0.4) is 0 Å². The molecule has 1 saturated carbocycles. The van der Waals surface area contributed by atoms with Gasteiger partial charge in [0.25, 0.3) is 0 Å². The van der Waals surface area contributed by atoms with Gasteiger partial charge in [-0.25, -0.2) is 0 Å². The second-order valence-corrected chi connectivity index (χ2v) is 4.20. The lowest BCUT2D eigenvalue weighted by atomic mass is 10.2. The Morgan fingerprint density at radius 2 is 2.00 bits per heavy atom. The highest BCUT2D eigenvalue weighted by Crippen LogP contribution is 2.17. The number of rotatable bonds is 5. The van der Waals surface area contributed by atoms with Crippen LogP contribution in [0.1, 0.15) is 25.7 Å². The van der Waals surface area contributed by atoms with Gasteiger partial charge in [0.1, 0.15) is 0 Å². The van der Waals surface area contributed by atoms with Gasteiger partial charge in [-0.1, -0.05) is 31.0 Å². The van der Waals surface area contributed by atoms with Crippen LogP contribution in [0, 0.1) is 0 Å². The van der Waals surface area contributed by atoms with E-state index in [1.165, 1.54) is 12.8 Å². The maximum absolute atomic E-state index is 11.3. The Bertz CT molecular complexity index is 212. The minimum Gasteiger partial charge on any atom is -0.352 e. The summed E-state index contributed by atoms with van der Waals surface area (Å²) in [5, 5.41) is 6.42. The lowest BCUT2D eigenvalue weighted by Gasteiger charge is -2.11. The topological polar surface area (TPSA) is 41.1 Å². The van der Waals surface area contributed by atoms with Gasteiger partial charge < -0.3 is 10.6 Å². The van der Waals surface area contributed by atoms with E-state index in [0.717, 1.165) is 12.8 Å². The van der Waals surface area contributed by atoms with Crippen LogP contribution in [0.25, 0.3) is 0 Å². The van der Waals surface area contributed by atoms with Crippen molar-refractivity contribution in [3.05, 3.63) is 11.6 Å². The molecule has 1 aliphatic carbocycles. The minimum absolute atomic E-state index is 0.0508. The molecule has 0 aromatic rings. The molecule has 0 aromatic carbocycles. The molecule has 0 unspecified atom stereocenters. The molecule has 2 N–H and O–H groups in total. The van der Waals surface area contributed by atoms with E-state index < -0.39 is 0 Å². The first kappa shape index (κ1) is 11.5. The summed E-state index contributed by atoms with van der Waals surface area (Å²) in [6.07, 6.45) is 4.70. The van der Waals surface area contributed by atoms with Gasteiger partial charge in [-0.05, 0) is 12.8 Å². The number of halogens is 1. The first-order valence-electron chi connectivity index (χ1n) is 5.02. The molecule has 1 rings (SSSR count). The van der Waals surface area contributed by atoms with Gasteiger partial charge >= 0.3 is 0 Å². The van der Waals surface area contributed by atoms with Crippen molar-refractivity contribution in [1.29, 1.82) is 0 Å². The van der Waals surface area contributed by atoms with Crippen LogP contribution in [0.15, 0.2) is 11.6 Å². The Balaban J connectivity index is 2.06. The summed E-state index contributed by atoms with van der Waals surface area (Å²) >= 11 is 5.54. The third kappa shape index (κ3) is 4.63. The molecule has 0 spiro atoms. The first-order valence-corrected chi connectivity index (χ1v) is 5.39. The first-order chi connectivity index (χ1) is 6.68. The fraction of sp³-hybridized carbons (Fsp3) is 0.700. The molecular formula is C10H17ClN2O. The normalized spacial score (nSPS) is 16.9. The van der Waals surface area contributed by atoms with E-state index in [2.05, 4.69) is 17.2 Å². The number of nitrogens with one attached hydrogen (secondary N) is 2. The fourth-order valence-corrected chi connectivity index (χ4v) is 1.76. The van der Waals surface area contributed by atoms with Crippen molar-refractivity contribution in [1.82, 2.24) is 10.6 Å². The molecule has 0 aromatic heterocycles. The Labute approximate surface area is 89.9 Å². The van der Waals surface area contributed by atoms with Gasteiger partial charge in [0.15, 0.2) is 0 Å². The highest BCUT2D eigenvalue weighted by Gasteiger charge is 2.16. The number of carbonyl (C=O) groups excluding carboxylic acids is 1. The second kappa shape index (κ2) is 6.04. The summed E-state index contributed by atoms with van der Waals surface area (Å²) < 4.78 is 0. The van der Waals surface area contributed by atoms with E-state index in [1.807, 2.05) is 0 Å². The molecule has 1 fully saturated rings. The minimum atomic E-state index is 0.0508. The SMILES string of the molecule is C=C(Cl)CNCC(=O)NC1CCCC1. The second-order valence-electron chi connectivity index (χ2n) is 3.67. The number of hydrogen-bond donors (Lipinski definition) is 2. The van der Waals surface area contributed by atoms with Crippen LogP contribution in [0.4, 0.5) is 0 Å². The predicted molar refractivity (Wildman–Crippen MR) is 58.3 cm³/mol. The zero-order chi connectivity index (χ0) is 10.4. The largest absolute Gasteiger partial charge is 0.352 e. The summed E-state index contributed by atoms with van der Waals surface area (Å²) in [7, 11) is 0. The molecule has 1 amide bonds. The van der Waals surface area contributed by atoms with Gasteiger partial charge in [-0.3, -0.25) is 4.79 Å². The summed E-state index contributed by atoms with van der Waals surface area (Å²) in [6, 6.07) is 0.392. The maximum Gasteiger partial charge on any atom is 0.234 e. The zero-order valence-electron chi connectivity index (χ0n) is 8.31. The Hall–Kier alpha value is -0.540. The van der Waals surface area contributed by atoms with Crippen molar-refractivity contribution >= 4 is 17.5 Å². The highest BCUT2D eigenvalue weighted by molar-refractivity contribution is 6.29. The van der Waals surface area contributed by atoms with E-state index in [-0.39, 0.29) is 5.91 Å². The molecule has 3 nitrogen and oxygen atoms in total. The molecular weight excluding hydrogens is 200 g/mol. The summed E-state index contributed by atoms with van der Waals surface area (Å²) in [5.41, 5.74) is 0. The third-order valence-corrected chi connectivity index (χ3v) is 2.46. The van der Waals surface area contributed by atoms with Crippen molar-refractivity contribution in [3.8, 4) is 0 Å². The standard InChI is InChI=1S/C10H17ClN2O/c1-8(11)6-12-7-10(14)13-9-4-2-3-5-9/h9,12H,1-7H2,(H,13,14). The van der Waals surface area contributed by atoms with E-state index in [0.29, 0.717) is 24.2 Å². The third-order valence-electron chi connectivity index (χ3n) is 2.32. The van der Waals surface area contributed by atoms with E-state index >= 15 is 0 Å². The quantitative estimate of drug-likeness (QED) is 0.729. The van der Waals surface area contributed by atoms with Crippen molar-refractivity contribution in [2.75, 3.05) is 13.1 Å². The Morgan fingerprint density at radius 1 is 1.36 bits per heavy atom. The number of hydrogen-bond acceptors (Lipinski definition) is 2. The lowest BCUT2D eigenvalue weighted by Crippen LogP contribution is -2.39. The summed E-state index contributed by atoms with van der Waals surface area (Å²) in [4.78, 5) is 11.3. The molecule has 14 heavy (non-hydrogen) atoms. The van der Waals surface area contributed by atoms with Crippen molar-refractivity contribution < 1.29 is 4.79 Å². The number of amides is 1. The van der Waals surface area contributed by atoms with Crippen LogP contribution in [0.5, 0.6) is 0 Å². The predicted octanol–water partition coefficient (Wildman–Crippen LogP) is 1.39.